The molecule has 2 N–H and O–H groups in total. The normalized spacial score (nSPS) is 14.5. The summed E-state index contributed by atoms with van der Waals surface area (Å²) in [5.74, 6) is 0.701. The molecule has 6 heteroatoms. The number of benzene rings is 1. The van der Waals surface area contributed by atoms with Crippen LogP contribution >= 0.6 is 0 Å². The van der Waals surface area contributed by atoms with Crippen LogP contribution in [0, 0.1) is 5.82 Å². The van der Waals surface area contributed by atoms with E-state index < -0.39 is 0 Å². The minimum atomic E-state index is -0.314. The summed E-state index contributed by atoms with van der Waals surface area (Å²) in [4.78, 5) is 10.9. The number of nitrogens with two attached hydrogens (primary N) is 1. The Balaban J connectivity index is 1.51. The van der Waals surface area contributed by atoms with Crippen LogP contribution in [0.1, 0.15) is 17.1 Å². The number of rotatable bonds is 3. The summed E-state index contributed by atoms with van der Waals surface area (Å²) in [6, 6.07) is 8.35. The Morgan fingerprint density at radius 1 is 1.21 bits per heavy atom. The van der Waals surface area contributed by atoms with Crippen molar-refractivity contribution in [1.82, 2.24) is 14.9 Å². The highest BCUT2D eigenvalue weighted by Crippen LogP contribution is 2.26. The lowest BCUT2D eigenvalue weighted by atomic mass is 10.0. The van der Waals surface area contributed by atoms with Gasteiger partial charge in [-0.1, -0.05) is 12.1 Å². The van der Waals surface area contributed by atoms with Gasteiger partial charge in [-0.3, -0.25) is 9.88 Å². The zero-order valence-electron chi connectivity index (χ0n) is 13.1. The summed E-state index contributed by atoms with van der Waals surface area (Å²) >= 11 is 0. The number of anilines is 1. The van der Waals surface area contributed by atoms with Gasteiger partial charge in [-0.25, -0.2) is 9.37 Å². The van der Waals surface area contributed by atoms with Crippen LogP contribution in [-0.2, 0) is 19.5 Å². The standard InChI is InChI=1S/C18H17FN4O/c19-14-4-2-1-3-12(14)17-9-22-18(24-17)11-23-8-6-16-13(10-23)15(20)5-7-21-16/h1-5,7,9H,6,8,10-11H2,(H2,20,21). The van der Waals surface area contributed by atoms with Crippen LogP contribution in [0.2, 0.25) is 0 Å². The van der Waals surface area contributed by atoms with E-state index in [1.165, 1.54) is 6.07 Å². The predicted octanol–water partition coefficient (Wildman–Crippen LogP) is 3.02. The van der Waals surface area contributed by atoms with E-state index >= 15 is 0 Å². The molecule has 0 aliphatic carbocycles. The van der Waals surface area contributed by atoms with Crippen molar-refractivity contribution < 1.29 is 8.81 Å². The third-order valence-electron chi connectivity index (χ3n) is 4.28. The Kier molecular flexibility index (Phi) is 3.74. The van der Waals surface area contributed by atoms with Gasteiger partial charge in [0.05, 0.1) is 18.3 Å². The Labute approximate surface area is 138 Å². The summed E-state index contributed by atoms with van der Waals surface area (Å²) in [6.07, 6.45) is 4.17. The second kappa shape index (κ2) is 6.05. The molecule has 0 unspecified atom stereocenters. The summed E-state index contributed by atoms with van der Waals surface area (Å²) in [7, 11) is 0. The molecule has 0 amide bonds. The lowest BCUT2D eigenvalue weighted by Gasteiger charge is -2.27. The molecule has 0 saturated heterocycles. The van der Waals surface area contributed by atoms with Gasteiger partial charge in [0.1, 0.15) is 5.82 Å². The third-order valence-corrected chi connectivity index (χ3v) is 4.28. The fourth-order valence-corrected chi connectivity index (χ4v) is 3.01. The average Bonchev–Trinajstić information content (AvgIpc) is 3.04. The zero-order valence-corrected chi connectivity index (χ0v) is 13.1. The molecular weight excluding hydrogens is 307 g/mol. The number of nitrogens with zero attached hydrogens (tertiary/aromatic N) is 3. The SMILES string of the molecule is Nc1ccnc2c1CN(Cc1ncc(-c3ccccc3F)o1)CC2. The van der Waals surface area contributed by atoms with Gasteiger partial charge in [-0.15, -0.1) is 0 Å². The molecule has 1 aliphatic heterocycles. The van der Waals surface area contributed by atoms with E-state index in [2.05, 4.69) is 14.9 Å². The first kappa shape index (κ1) is 14.8. The first-order chi connectivity index (χ1) is 11.7. The molecule has 5 nitrogen and oxygen atoms in total. The van der Waals surface area contributed by atoms with E-state index in [9.17, 15) is 4.39 Å². The minimum Gasteiger partial charge on any atom is -0.439 e. The van der Waals surface area contributed by atoms with Crippen molar-refractivity contribution in [1.29, 1.82) is 0 Å². The summed E-state index contributed by atoms with van der Waals surface area (Å²) in [5.41, 5.74) is 9.37. The molecular formula is C18H17FN4O. The van der Waals surface area contributed by atoms with Crippen LogP contribution in [-0.4, -0.2) is 21.4 Å². The fraction of sp³-hybridized carbons (Fsp3) is 0.222. The van der Waals surface area contributed by atoms with Gasteiger partial charge in [0.15, 0.2) is 5.76 Å². The van der Waals surface area contributed by atoms with Gasteiger partial charge in [-0.2, -0.15) is 0 Å². The number of fused-ring (bicyclic) bond motifs is 1. The van der Waals surface area contributed by atoms with Crippen molar-refractivity contribution in [2.75, 3.05) is 12.3 Å². The summed E-state index contributed by atoms with van der Waals surface area (Å²) < 4.78 is 19.6. The van der Waals surface area contributed by atoms with Crippen molar-refractivity contribution in [2.24, 2.45) is 0 Å². The van der Waals surface area contributed by atoms with Crippen LogP contribution in [0.4, 0.5) is 10.1 Å². The quantitative estimate of drug-likeness (QED) is 0.802. The van der Waals surface area contributed by atoms with E-state index in [4.69, 9.17) is 10.2 Å². The van der Waals surface area contributed by atoms with Gasteiger partial charge in [-0.05, 0) is 18.2 Å². The Bertz CT molecular complexity index is 877. The molecule has 0 bridgehead atoms. The largest absolute Gasteiger partial charge is 0.439 e. The molecule has 0 atom stereocenters. The second-order valence-corrected chi connectivity index (χ2v) is 5.88. The number of hydrogen-bond donors (Lipinski definition) is 1. The number of aromatic nitrogens is 2. The minimum absolute atomic E-state index is 0.314. The van der Waals surface area contributed by atoms with Crippen molar-refractivity contribution in [3.05, 3.63) is 65.7 Å². The Morgan fingerprint density at radius 2 is 2.08 bits per heavy atom. The summed E-state index contributed by atoms with van der Waals surface area (Å²) in [6.45, 7) is 2.13. The molecule has 24 heavy (non-hydrogen) atoms. The first-order valence-electron chi connectivity index (χ1n) is 7.85. The molecule has 1 aromatic carbocycles. The molecule has 0 radical (unpaired) electrons. The second-order valence-electron chi connectivity index (χ2n) is 5.88. The molecule has 1 aliphatic rings. The van der Waals surface area contributed by atoms with Crippen molar-refractivity contribution in [2.45, 2.75) is 19.5 Å². The van der Waals surface area contributed by atoms with Gasteiger partial charge in [0.2, 0.25) is 5.89 Å². The lowest BCUT2D eigenvalue weighted by Crippen LogP contribution is -2.31. The first-order valence-corrected chi connectivity index (χ1v) is 7.85. The van der Waals surface area contributed by atoms with Crippen molar-refractivity contribution in [3.63, 3.8) is 0 Å². The van der Waals surface area contributed by atoms with Crippen LogP contribution in [0.25, 0.3) is 11.3 Å². The van der Waals surface area contributed by atoms with E-state index in [0.717, 1.165) is 29.9 Å². The highest BCUT2D eigenvalue weighted by atomic mass is 19.1. The maximum atomic E-state index is 13.8. The Morgan fingerprint density at radius 3 is 2.96 bits per heavy atom. The van der Waals surface area contributed by atoms with Crippen LogP contribution in [0.15, 0.2) is 47.1 Å². The number of pyridine rings is 1. The van der Waals surface area contributed by atoms with Gasteiger partial charge >= 0.3 is 0 Å². The predicted molar refractivity (Wildman–Crippen MR) is 88.4 cm³/mol. The van der Waals surface area contributed by atoms with Crippen LogP contribution < -0.4 is 5.73 Å². The third kappa shape index (κ3) is 2.76. The lowest BCUT2D eigenvalue weighted by molar-refractivity contribution is 0.221. The zero-order chi connectivity index (χ0) is 16.5. The van der Waals surface area contributed by atoms with Crippen molar-refractivity contribution >= 4 is 5.69 Å². The smallest absolute Gasteiger partial charge is 0.209 e. The van der Waals surface area contributed by atoms with Gasteiger partial charge in [0.25, 0.3) is 0 Å². The van der Waals surface area contributed by atoms with Crippen LogP contribution in [0.3, 0.4) is 0 Å². The molecule has 2 aromatic heterocycles. The highest BCUT2D eigenvalue weighted by Gasteiger charge is 2.21. The topological polar surface area (TPSA) is 68.2 Å². The highest BCUT2D eigenvalue weighted by molar-refractivity contribution is 5.56. The maximum absolute atomic E-state index is 13.8. The van der Waals surface area contributed by atoms with E-state index in [-0.39, 0.29) is 5.82 Å². The van der Waals surface area contributed by atoms with Gasteiger partial charge in [0, 0.05) is 42.7 Å². The summed E-state index contributed by atoms with van der Waals surface area (Å²) in [5, 5.41) is 0. The maximum Gasteiger partial charge on any atom is 0.209 e. The van der Waals surface area contributed by atoms with Crippen molar-refractivity contribution in [3.8, 4) is 11.3 Å². The number of hydrogen-bond acceptors (Lipinski definition) is 5. The number of oxazole rings is 1. The molecule has 0 saturated carbocycles. The molecule has 3 heterocycles. The van der Waals surface area contributed by atoms with E-state index in [0.29, 0.717) is 30.3 Å². The monoisotopic (exact) mass is 324 g/mol. The Hall–Kier alpha value is -2.73. The van der Waals surface area contributed by atoms with E-state index in [1.807, 2.05) is 6.07 Å². The molecule has 0 fully saturated rings. The number of nitrogen functional groups attached to an aromatic ring is 1. The number of halogens is 1. The van der Waals surface area contributed by atoms with Crippen LogP contribution in [0.5, 0.6) is 0 Å². The van der Waals surface area contributed by atoms with E-state index in [1.54, 1.807) is 30.6 Å². The van der Waals surface area contributed by atoms with Gasteiger partial charge < -0.3 is 10.2 Å². The average molecular weight is 324 g/mol. The fourth-order valence-electron chi connectivity index (χ4n) is 3.01. The molecule has 4 rings (SSSR count). The molecule has 3 aromatic rings. The molecule has 0 spiro atoms. The molecule has 122 valence electrons.